The molecule has 0 saturated carbocycles. The molecule has 20 heavy (non-hydrogen) atoms. The van der Waals surface area contributed by atoms with Crippen molar-refractivity contribution in [3.8, 4) is 11.4 Å². The van der Waals surface area contributed by atoms with Crippen LogP contribution in [0.4, 0.5) is 0 Å². The van der Waals surface area contributed by atoms with Gasteiger partial charge in [0, 0.05) is 18.2 Å². The van der Waals surface area contributed by atoms with E-state index >= 15 is 0 Å². The second kappa shape index (κ2) is 5.93. The molecule has 0 aliphatic carbocycles. The molecule has 1 N–H and O–H groups in total. The Bertz CT molecular complexity index is 589. The van der Waals surface area contributed by atoms with Crippen LogP contribution in [-0.2, 0) is 6.54 Å². The van der Waals surface area contributed by atoms with Gasteiger partial charge < -0.3 is 10.1 Å². The Morgan fingerprint density at radius 1 is 1.35 bits per heavy atom. The minimum Gasteiger partial charge on any atom is -0.495 e. The van der Waals surface area contributed by atoms with Crippen LogP contribution in [-0.4, -0.2) is 27.6 Å². The molecule has 0 aliphatic rings. The fourth-order valence-corrected chi connectivity index (χ4v) is 2.06. The minimum atomic E-state index is 0.0601. The van der Waals surface area contributed by atoms with Crippen molar-refractivity contribution < 1.29 is 4.74 Å². The first-order valence-corrected chi connectivity index (χ1v) is 7.18. The van der Waals surface area contributed by atoms with Crippen LogP contribution in [0.2, 0.25) is 0 Å². The number of hydrogen-bond acceptors (Lipinski definition) is 4. The fourth-order valence-electron chi connectivity index (χ4n) is 1.65. The molecular formula is C14H19BrN4O. The zero-order chi connectivity index (χ0) is 14.8. The van der Waals surface area contributed by atoms with E-state index in [9.17, 15) is 0 Å². The third kappa shape index (κ3) is 3.80. The second-order valence-electron chi connectivity index (χ2n) is 5.58. The third-order valence-corrected chi connectivity index (χ3v) is 3.40. The molecule has 2 rings (SSSR count). The average molecular weight is 339 g/mol. The minimum absolute atomic E-state index is 0.0601. The lowest BCUT2D eigenvalue weighted by molar-refractivity contribution is 0.412. The molecule has 1 aromatic heterocycles. The van der Waals surface area contributed by atoms with Crippen molar-refractivity contribution in [2.75, 3.05) is 7.11 Å². The average Bonchev–Trinajstić information content (AvgIpc) is 2.85. The summed E-state index contributed by atoms with van der Waals surface area (Å²) in [7, 11) is 1.64. The predicted octanol–water partition coefficient (Wildman–Crippen LogP) is 2.93. The molecule has 5 nitrogen and oxygen atoms in total. The zero-order valence-electron chi connectivity index (χ0n) is 12.1. The molecular weight excluding hydrogens is 320 g/mol. The molecule has 1 aromatic carbocycles. The van der Waals surface area contributed by atoms with E-state index in [0.29, 0.717) is 6.54 Å². The molecule has 0 radical (unpaired) electrons. The Kier molecular flexibility index (Phi) is 4.45. The van der Waals surface area contributed by atoms with Crippen LogP contribution in [0.1, 0.15) is 26.5 Å². The van der Waals surface area contributed by atoms with E-state index < -0.39 is 0 Å². The van der Waals surface area contributed by atoms with Crippen LogP contribution >= 0.6 is 15.9 Å². The maximum absolute atomic E-state index is 5.29. The van der Waals surface area contributed by atoms with E-state index in [-0.39, 0.29) is 5.54 Å². The molecule has 108 valence electrons. The number of benzene rings is 1. The predicted molar refractivity (Wildman–Crippen MR) is 82.2 cm³/mol. The monoisotopic (exact) mass is 338 g/mol. The standard InChI is InChI=1S/C14H19BrN4O/c1-14(2,3)16-8-10-9-19(18-17-10)11-5-6-12(15)13(7-11)20-4/h5-7,9,16H,8H2,1-4H3. The highest BCUT2D eigenvalue weighted by Gasteiger charge is 2.11. The SMILES string of the molecule is COc1cc(-n2cc(CNC(C)(C)C)nn2)ccc1Br. The van der Waals surface area contributed by atoms with Crippen LogP contribution in [0.5, 0.6) is 5.75 Å². The van der Waals surface area contributed by atoms with E-state index in [4.69, 9.17) is 4.74 Å². The van der Waals surface area contributed by atoms with Crippen molar-refractivity contribution in [2.45, 2.75) is 32.9 Å². The summed E-state index contributed by atoms with van der Waals surface area (Å²) >= 11 is 3.43. The second-order valence-corrected chi connectivity index (χ2v) is 6.43. The molecule has 0 unspecified atom stereocenters. The molecule has 0 amide bonds. The van der Waals surface area contributed by atoms with Gasteiger partial charge in [-0.1, -0.05) is 5.21 Å². The summed E-state index contributed by atoms with van der Waals surface area (Å²) in [5, 5.41) is 11.7. The van der Waals surface area contributed by atoms with Crippen LogP contribution < -0.4 is 10.1 Å². The highest BCUT2D eigenvalue weighted by atomic mass is 79.9. The Labute approximate surface area is 127 Å². The normalized spacial score (nSPS) is 11.7. The topological polar surface area (TPSA) is 52.0 Å². The number of aromatic nitrogens is 3. The van der Waals surface area contributed by atoms with Crippen molar-refractivity contribution in [1.29, 1.82) is 0 Å². The van der Waals surface area contributed by atoms with Gasteiger partial charge in [-0.3, -0.25) is 0 Å². The number of hydrogen-bond donors (Lipinski definition) is 1. The van der Waals surface area contributed by atoms with Crippen LogP contribution in [0, 0.1) is 0 Å². The van der Waals surface area contributed by atoms with Gasteiger partial charge in [0.15, 0.2) is 0 Å². The molecule has 0 atom stereocenters. The number of rotatable bonds is 4. The van der Waals surface area contributed by atoms with E-state index in [1.807, 2.05) is 24.4 Å². The van der Waals surface area contributed by atoms with E-state index in [1.54, 1.807) is 11.8 Å². The van der Waals surface area contributed by atoms with Gasteiger partial charge in [0.05, 0.1) is 29.2 Å². The molecule has 0 aliphatic heterocycles. The first kappa shape index (κ1) is 15.0. The van der Waals surface area contributed by atoms with Crippen LogP contribution in [0.3, 0.4) is 0 Å². The fraction of sp³-hybridized carbons (Fsp3) is 0.429. The smallest absolute Gasteiger partial charge is 0.135 e. The van der Waals surface area contributed by atoms with Gasteiger partial charge in [0.25, 0.3) is 0 Å². The number of nitrogens with one attached hydrogen (secondary N) is 1. The number of ether oxygens (including phenoxy) is 1. The van der Waals surface area contributed by atoms with E-state index in [0.717, 1.165) is 21.6 Å². The molecule has 0 bridgehead atoms. The Balaban J connectivity index is 2.16. The maximum Gasteiger partial charge on any atom is 0.135 e. The highest BCUT2D eigenvalue weighted by molar-refractivity contribution is 9.10. The Morgan fingerprint density at radius 3 is 2.75 bits per heavy atom. The lowest BCUT2D eigenvalue weighted by Gasteiger charge is -2.19. The molecule has 0 fully saturated rings. The maximum atomic E-state index is 5.29. The van der Waals surface area contributed by atoms with Crippen molar-refractivity contribution in [2.24, 2.45) is 0 Å². The third-order valence-electron chi connectivity index (χ3n) is 2.74. The molecule has 0 saturated heterocycles. The van der Waals surface area contributed by atoms with Crippen molar-refractivity contribution >= 4 is 15.9 Å². The number of nitrogens with zero attached hydrogens (tertiary/aromatic N) is 3. The van der Waals surface area contributed by atoms with E-state index in [2.05, 4.69) is 52.3 Å². The van der Waals surface area contributed by atoms with Crippen LogP contribution in [0.25, 0.3) is 5.69 Å². The Morgan fingerprint density at radius 2 is 2.10 bits per heavy atom. The summed E-state index contributed by atoms with van der Waals surface area (Å²) in [6.07, 6.45) is 1.92. The summed E-state index contributed by atoms with van der Waals surface area (Å²) in [5.74, 6) is 0.771. The van der Waals surface area contributed by atoms with Crippen molar-refractivity contribution in [3.63, 3.8) is 0 Å². The van der Waals surface area contributed by atoms with Gasteiger partial charge in [-0.2, -0.15) is 0 Å². The van der Waals surface area contributed by atoms with Gasteiger partial charge in [0.2, 0.25) is 0 Å². The largest absolute Gasteiger partial charge is 0.495 e. The van der Waals surface area contributed by atoms with Gasteiger partial charge in [-0.25, -0.2) is 4.68 Å². The van der Waals surface area contributed by atoms with E-state index in [1.165, 1.54) is 0 Å². The van der Waals surface area contributed by atoms with Crippen LogP contribution in [0.15, 0.2) is 28.9 Å². The quantitative estimate of drug-likeness (QED) is 0.931. The molecule has 2 aromatic rings. The first-order valence-electron chi connectivity index (χ1n) is 6.39. The van der Waals surface area contributed by atoms with Gasteiger partial charge in [-0.15, -0.1) is 5.10 Å². The lowest BCUT2D eigenvalue weighted by atomic mass is 10.1. The van der Waals surface area contributed by atoms with Crippen molar-refractivity contribution in [3.05, 3.63) is 34.6 Å². The highest BCUT2D eigenvalue weighted by Crippen LogP contribution is 2.26. The molecule has 6 heteroatoms. The summed E-state index contributed by atoms with van der Waals surface area (Å²) in [4.78, 5) is 0. The Hall–Kier alpha value is -1.40. The first-order chi connectivity index (χ1) is 9.39. The van der Waals surface area contributed by atoms with Crippen molar-refractivity contribution in [1.82, 2.24) is 20.3 Å². The zero-order valence-corrected chi connectivity index (χ0v) is 13.7. The molecule has 1 heterocycles. The summed E-state index contributed by atoms with van der Waals surface area (Å²) in [6, 6.07) is 5.81. The van der Waals surface area contributed by atoms with Gasteiger partial charge in [0.1, 0.15) is 5.75 Å². The number of methoxy groups -OCH3 is 1. The van der Waals surface area contributed by atoms with Gasteiger partial charge >= 0.3 is 0 Å². The lowest BCUT2D eigenvalue weighted by Crippen LogP contribution is -2.35. The van der Waals surface area contributed by atoms with Gasteiger partial charge in [-0.05, 0) is 48.8 Å². The summed E-state index contributed by atoms with van der Waals surface area (Å²) < 4.78 is 7.95. The summed E-state index contributed by atoms with van der Waals surface area (Å²) in [6.45, 7) is 7.06. The summed E-state index contributed by atoms with van der Waals surface area (Å²) in [5.41, 5.74) is 1.88. The molecule has 0 spiro atoms. The number of halogens is 1.